The fourth-order valence-corrected chi connectivity index (χ4v) is 1.21. The maximum absolute atomic E-state index is 11.2. The zero-order chi connectivity index (χ0) is 10.3. The Labute approximate surface area is 79.8 Å². The molecule has 0 rings (SSSR count). The van der Waals surface area contributed by atoms with Crippen molar-refractivity contribution < 1.29 is 14.3 Å². The van der Waals surface area contributed by atoms with Crippen molar-refractivity contribution in [2.45, 2.75) is 19.9 Å². The third-order valence-electron chi connectivity index (χ3n) is 1.88. The topological polar surface area (TPSA) is 38.8 Å². The van der Waals surface area contributed by atoms with Crippen LogP contribution in [0.2, 0.25) is 0 Å². The summed E-state index contributed by atoms with van der Waals surface area (Å²) in [5, 5.41) is 0. The van der Waals surface area contributed by atoms with Crippen molar-refractivity contribution in [2.75, 3.05) is 34.0 Å². The van der Waals surface area contributed by atoms with E-state index in [1.165, 1.54) is 0 Å². The lowest BCUT2D eigenvalue weighted by molar-refractivity contribution is -0.132. The predicted octanol–water partition coefficient (Wildman–Crippen LogP) is 0.516. The smallest absolute Gasteiger partial charge is 0.219 e. The number of nitrogens with zero attached hydrogens (tertiary/aromatic N) is 1. The molecule has 0 aliphatic rings. The molecule has 0 aromatic carbocycles. The Bertz CT molecular complexity index is 150. The molecule has 1 amide bonds. The molecule has 0 saturated heterocycles. The summed E-state index contributed by atoms with van der Waals surface area (Å²) in [7, 11) is 3.25. The molecule has 0 aliphatic carbocycles. The van der Waals surface area contributed by atoms with Gasteiger partial charge in [-0.15, -0.1) is 0 Å². The van der Waals surface area contributed by atoms with Gasteiger partial charge in [0.1, 0.15) is 0 Å². The maximum Gasteiger partial charge on any atom is 0.219 e. The third-order valence-corrected chi connectivity index (χ3v) is 1.88. The predicted molar refractivity (Wildman–Crippen MR) is 50.6 cm³/mol. The van der Waals surface area contributed by atoms with E-state index in [1.54, 1.807) is 26.0 Å². The van der Waals surface area contributed by atoms with Crippen molar-refractivity contribution >= 4 is 5.91 Å². The van der Waals surface area contributed by atoms with E-state index in [2.05, 4.69) is 0 Å². The third kappa shape index (κ3) is 4.85. The molecule has 1 unspecified atom stereocenters. The Morgan fingerprint density at radius 2 is 2.00 bits per heavy atom. The highest BCUT2D eigenvalue weighted by Gasteiger charge is 2.15. The first-order chi connectivity index (χ1) is 6.13. The molecule has 0 bridgehead atoms. The highest BCUT2D eigenvalue weighted by Crippen LogP contribution is 1.99. The zero-order valence-electron chi connectivity index (χ0n) is 8.87. The monoisotopic (exact) mass is 189 g/mol. The lowest BCUT2D eigenvalue weighted by atomic mass is 10.3. The Hall–Kier alpha value is -0.610. The normalized spacial score (nSPS) is 12.6. The molecule has 1 atom stereocenters. The first kappa shape index (κ1) is 12.4. The van der Waals surface area contributed by atoms with Gasteiger partial charge in [0, 0.05) is 27.7 Å². The molecule has 4 heteroatoms. The minimum absolute atomic E-state index is 0.0570. The summed E-state index contributed by atoms with van der Waals surface area (Å²) in [4.78, 5) is 12.9. The Kier molecular flexibility index (Phi) is 6.54. The second kappa shape index (κ2) is 6.86. The van der Waals surface area contributed by atoms with Crippen LogP contribution in [0.25, 0.3) is 0 Å². The summed E-state index contributed by atoms with van der Waals surface area (Å²) in [6.07, 6.45) is 0. The van der Waals surface area contributed by atoms with Crippen LogP contribution in [0.15, 0.2) is 0 Å². The number of methoxy groups -OCH3 is 2. The Morgan fingerprint density at radius 3 is 2.38 bits per heavy atom. The molecule has 0 aromatic rings. The number of carbonyl (C=O) groups is 1. The van der Waals surface area contributed by atoms with E-state index in [0.29, 0.717) is 19.8 Å². The Morgan fingerprint density at radius 1 is 1.38 bits per heavy atom. The summed E-state index contributed by atoms with van der Waals surface area (Å²) in [5.74, 6) is 0.0570. The molecule has 0 saturated carbocycles. The first-order valence-corrected chi connectivity index (χ1v) is 4.38. The van der Waals surface area contributed by atoms with E-state index in [4.69, 9.17) is 9.47 Å². The summed E-state index contributed by atoms with van der Waals surface area (Å²) < 4.78 is 9.90. The highest BCUT2D eigenvalue weighted by atomic mass is 16.5. The van der Waals surface area contributed by atoms with Crippen LogP contribution >= 0.6 is 0 Å². The molecular formula is C9H19NO3. The van der Waals surface area contributed by atoms with Crippen molar-refractivity contribution in [2.24, 2.45) is 0 Å². The van der Waals surface area contributed by atoms with Gasteiger partial charge in [-0.1, -0.05) is 0 Å². The van der Waals surface area contributed by atoms with Gasteiger partial charge < -0.3 is 14.4 Å². The number of carbonyl (C=O) groups excluding carboxylic acids is 1. The van der Waals surface area contributed by atoms with Crippen LogP contribution < -0.4 is 0 Å². The van der Waals surface area contributed by atoms with E-state index < -0.39 is 0 Å². The van der Waals surface area contributed by atoms with Crippen LogP contribution in [-0.4, -0.2) is 50.8 Å². The van der Waals surface area contributed by atoms with Crippen molar-refractivity contribution in [1.82, 2.24) is 4.90 Å². The molecule has 0 radical (unpaired) electrons. The lowest BCUT2D eigenvalue weighted by Crippen LogP contribution is -2.41. The van der Waals surface area contributed by atoms with Gasteiger partial charge in [-0.25, -0.2) is 0 Å². The average molecular weight is 189 g/mol. The van der Waals surface area contributed by atoms with Gasteiger partial charge in [0.15, 0.2) is 0 Å². The molecule has 0 spiro atoms. The molecular weight excluding hydrogens is 170 g/mol. The summed E-state index contributed by atoms with van der Waals surface area (Å²) >= 11 is 0. The van der Waals surface area contributed by atoms with Crippen LogP contribution in [0.5, 0.6) is 0 Å². The fraction of sp³-hybridized carbons (Fsp3) is 0.889. The SMILES string of the molecule is COCCN(C(C)=O)C(C)COC. The zero-order valence-corrected chi connectivity index (χ0v) is 8.87. The van der Waals surface area contributed by atoms with Crippen LogP contribution in [0.3, 0.4) is 0 Å². The number of hydrogen-bond donors (Lipinski definition) is 0. The van der Waals surface area contributed by atoms with Gasteiger partial charge >= 0.3 is 0 Å². The van der Waals surface area contributed by atoms with Crippen molar-refractivity contribution in [3.8, 4) is 0 Å². The summed E-state index contributed by atoms with van der Waals surface area (Å²) in [6.45, 7) is 5.26. The van der Waals surface area contributed by atoms with Crippen LogP contribution in [0.1, 0.15) is 13.8 Å². The van der Waals surface area contributed by atoms with Crippen molar-refractivity contribution in [3.05, 3.63) is 0 Å². The molecule has 0 aliphatic heterocycles. The van der Waals surface area contributed by atoms with E-state index in [1.807, 2.05) is 6.92 Å². The number of hydrogen-bond acceptors (Lipinski definition) is 3. The minimum Gasteiger partial charge on any atom is -0.383 e. The standard InChI is InChI=1S/C9H19NO3/c1-8(7-13-4)10(9(2)11)5-6-12-3/h8H,5-7H2,1-4H3. The van der Waals surface area contributed by atoms with Crippen LogP contribution in [0, 0.1) is 0 Å². The molecule has 0 N–H and O–H groups in total. The quantitative estimate of drug-likeness (QED) is 0.611. The van der Waals surface area contributed by atoms with Crippen LogP contribution in [0.4, 0.5) is 0 Å². The number of amides is 1. The Balaban J connectivity index is 3.99. The van der Waals surface area contributed by atoms with E-state index in [9.17, 15) is 4.79 Å². The minimum atomic E-state index is 0.0570. The van der Waals surface area contributed by atoms with Crippen LogP contribution in [-0.2, 0) is 14.3 Å². The first-order valence-electron chi connectivity index (χ1n) is 4.38. The highest BCUT2D eigenvalue weighted by molar-refractivity contribution is 5.73. The summed E-state index contributed by atoms with van der Waals surface area (Å²) in [6, 6.07) is 0.109. The van der Waals surface area contributed by atoms with Gasteiger partial charge in [0.25, 0.3) is 0 Å². The van der Waals surface area contributed by atoms with Gasteiger partial charge in [0.2, 0.25) is 5.91 Å². The number of ether oxygens (including phenoxy) is 2. The van der Waals surface area contributed by atoms with Gasteiger partial charge in [-0.2, -0.15) is 0 Å². The average Bonchev–Trinajstić information content (AvgIpc) is 2.05. The van der Waals surface area contributed by atoms with Gasteiger partial charge in [-0.3, -0.25) is 4.79 Å². The van der Waals surface area contributed by atoms with Gasteiger partial charge in [-0.05, 0) is 6.92 Å². The van der Waals surface area contributed by atoms with Crippen molar-refractivity contribution in [1.29, 1.82) is 0 Å². The number of rotatable bonds is 6. The molecule has 0 fully saturated rings. The largest absolute Gasteiger partial charge is 0.383 e. The van der Waals surface area contributed by atoms with E-state index in [0.717, 1.165) is 0 Å². The molecule has 0 heterocycles. The molecule has 13 heavy (non-hydrogen) atoms. The molecule has 4 nitrogen and oxygen atoms in total. The van der Waals surface area contributed by atoms with Gasteiger partial charge in [0.05, 0.1) is 19.3 Å². The second-order valence-corrected chi connectivity index (χ2v) is 3.01. The van der Waals surface area contributed by atoms with E-state index >= 15 is 0 Å². The maximum atomic E-state index is 11.2. The molecule has 0 aromatic heterocycles. The summed E-state index contributed by atoms with van der Waals surface area (Å²) in [5.41, 5.74) is 0. The van der Waals surface area contributed by atoms with E-state index in [-0.39, 0.29) is 11.9 Å². The molecule has 78 valence electrons. The van der Waals surface area contributed by atoms with Crippen molar-refractivity contribution in [3.63, 3.8) is 0 Å². The second-order valence-electron chi connectivity index (χ2n) is 3.01. The fourth-order valence-electron chi connectivity index (χ4n) is 1.21. The lowest BCUT2D eigenvalue weighted by Gasteiger charge is -2.27.